The van der Waals surface area contributed by atoms with Crippen LogP contribution in [0.15, 0.2) is 57.9 Å². The number of unbranched alkanes of at least 4 members (excludes halogenated alkanes) is 1. The number of halogens is 2. The molecule has 13 heteroatoms. The van der Waals surface area contributed by atoms with Crippen molar-refractivity contribution >= 4 is 75.7 Å². The van der Waals surface area contributed by atoms with Crippen molar-refractivity contribution in [2.24, 2.45) is 0 Å². The third kappa shape index (κ3) is 7.18. The number of benzene rings is 2. The zero-order valence-electron chi connectivity index (χ0n) is 21.4. The maximum atomic E-state index is 12.9. The SMILES string of the molecule is CCCCOC(=O)c1cc(NC(=O)CN2C(=O)S/C(=C/c3ccc(-c4ccc(Cl)c(C(=O)O)c4)o3)C2=O)ccc1Cl. The molecule has 1 saturated heterocycles. The number of ether oxygens (including phenoxy) is 1. The molecule has 2 aromatic carbocycles. The Balaban J connectivity index is 1.42. The van der Waals surface area contributed by atoms with Crippen molar-refractivity contribution in [3.05, 3.63) is 80.4 Å². The lowest BCUT2D eigenvalue weighted by molar-refractivity contribution is -0.127. The second-order valence-corrected chi connectivity index (χ2v) is 10.5. The van der Waals surface area contributed by atoms with E-state index >= 15 is 0 Å². The highest BCUT2D eigenvalue weighted by molar-refractivity contribution is 8.18. The number of nitrogens with one attached hydrogen (secondary N) is 1. The van der Waals surface area contributed by atoms with Gasteiger partial charge in [0.25, 0.3) is 11.1 Å². The Morgan fingerprint density at radius 2 is 1.78 bits per heavy atom. The lowest BCUT2D eigenvalue weighted by Gasteiger charge is -2.13. The number of imide groups is 1. The number of carbonyl (C=O) groups excluding carboxylic acids is 4. The molecule has 2 heterocycles. The number of carboxylic acids is 1. The Bertz CT molecular complexity index is 1580. The smallest absolute Gasteiger partial charge is 0.339 e. The lowest BCUT2D eigenvalue weighted by Crippen LogP contribution is -2.36. The zero-order chi connectivity index (χ0) is 29.7. The summed E-state index contributed by atoms with van der Waals surface area (Å²) in [6.07, 6.45) is 2.90. The minimum Gasteiger partial charge on any atom is -0.478 e. The van der Waals surface area contributed by atoms with Gasteiger partial charge in [-0.1, -0.05) is 36.5 Å². The van der Waals surface area contributed by atoms with Gasteiger partial charge in [0.1, 0.15) is 18.1 Å². The first-order chi connectivity index (χ1) is 19.6. The number of hydrogen-bond donors (Lipinski definition) is 2. The van der Waals surface area contributed by atoms with Crippen molar-refractivity contribution in [2.75, 3.05) is 18.5 Å². The summed E-state index contributed by atoms with van der Waals surface area (Å²) in [5.41, 5.74) is 0.671. The van der Waals surface area contributed by atoms with Crippen molar-refractivity contribution in [2.45, 2.75) is 19.8 Å². The van der Waals surface area contributed by atoms with Gasteiger partial charge in [-0.25, -0.2) is 9.59 Å². The number of aromatic carboxylic acids is 1. The summed E-state index contributed by atoms with van der Waals surface area (Å²) in [5.74, 6) is -2.62. The number of anilines is 1. The number of carboxylic acid groups (broad SMARTS) is 1. The van der Waals surface area contributed by atoms with Crippen LogP contribution >= 0.6 is 35.0 Å². The average molecular weight is 617 g/mol. The second-order valence-electron chi connectivity index (χ2n) is 8.70. The van der Waals surface area contributed by atoms with E-state index in [2.05, 4.69) is 5.32 Å². The Kier molecular flexibility index (Phi) is 9.53. The van der Waals surface area contributed by atoms with E-state index in [9.17, 15) is 29.1 Å². The maximum Gasteiger partial charge on any atom is 0.339 e. The van der Waals surface area contributed by atoms with E-state index < -0.39 is 35.5 Å². The molecule has 0 unspecified atom stereocenters. The monoisotopic (exact) mass is 616 g/mol. The van der Waals surface area contributed by atoms with Crippen LogP contribution in [0, 0.1) is 0 Å². The molecule has 1 aromatic heterocycles. The molecule has 0 aliphatic carbocycles. The number of carbonyl (C=O) groups is 5. The number of esters is 1. The molecule has 4 rings (SSSR count). The van der Waals surface area contributed by atoms with E-state index in [-0.39, 0.29) is 44.1 Å². The minimum atomic E-state index is -1.19. The van der Waals surface area contributed by atoms with Gasteiger partial charge in [0, 0.05) is 17.3 Å². The molecule has 1 aliphatic heterocycles. The van der Waals surface area contributed by atoms with Gasteiger partial charge in [0.2, 0.25) is 5.91 Å². The van der Waals surface area contributed by atoms with Crippen molar-refractivity contribution in [1.29, 1.82) is 0 Å². The highest BCUT2D eigenvalue weighted by Gasteiger charge is 2.36. The van der Waals surface area contributed by atoms with Gasteiger partial charge in [-0.3, -0.25) is 19.3 Å². The lowest BCUT2D eigenvalue weighted by atomic mass is 10.1. The number of amides is 3. The first kappa shape index (κ1) is 29.9. The standard InChI is InChI=1S/C28H22Cl2N2O8S/c1-2-3-10-39-27(37)19-12-16(5-8-21(19)30)31-24(33)14-32-25(34)23(41-28(32)38)13-17-6-9-22(40-17)15-4-7-20(29)18(11-15)26(35)36/h4-9,11-13H,2-3,10,14H2,1H3,(H,31,33)(H,35,36)/b23-13+. The van der Waals surface area contributed by atoms with Crippen LogP contribution in [-0.4, -0.2) is 52.2 Å². The molecule has 1 aliphatic rings. The summed E-state index contributed by atoms with van der Waals surface area (Å²) in [6, 6.07) is 11.8. The second kappa shape index (κ2) is 13.1. The van der Waals surface area contributed by atoms with Gasteiger partial charge in [0.15, 0.2) is 0 Å². The highest BCUT2D eigenvalue weighted by atomic mass is 35.5. The van der Waals surface area contributed by atoms with Crippen LogP contribution in [0.3, 0.4) is 0 Å². The van der Waals surface area contributed by atoms with Gasteiger partial charge in [-0.05, 0) is 66.7 Å². The predicted molar refractivity (Wildman–Crippen MR) is 154 cm³/mol. The molecule has 0 radical (unpaired) electrons. The van der Waals surface area contributed by atoms with Crippen molar-refractivity contribution in [1.82, 2.24) is 4.90 Å². The molecule has 2 N–H and O–H groups in total. The predicted octanol–water partition coefficient (Wildman–Crippen LogP) is 6.58. The number of hydrogen-bond acceptors (Lipinski definition) is 8. The van der Waals surface area contributed by atoms with Crippen LogP contribution in [0.2, 0.25) is 10.0 Å². The summed E-state index contributed by atoms with van der Waals surface area (Å²) >= 11 is 12.7. The normalized spacial score (nSPS) is 14.0. The van der Waals surface area contributed by atoms with E-state index in [0.717, 1.165) is 11.3 Å². The molecule has 0 atom stereocenters. The van der Waals surface area contributed by atoms with Crippen LogP contribution in [-0.2, 0) is 14.3 Å². The first-order valence-corrected chi connectivity index (χ1v) is 13.8. The molecule has 0 spiro atoms. The van der Waals surface area contributed by atoms with Crippen LogP contribution < -0.4 is 5.32 Å². The Labute approximate surface area is 248 Å². The number of furan rings is 1. The molecular weight excluding hydrogens is 595 g/mol. The van der Waals surface area contributed by atoms with Gasteiger partial charge in [-0.2, -0.15) is 0 Å². The fourth-order valence-electron chi connectivity index (χ4n) is 3.68. The van der Waals surface area contributed by atoms with Crippen LogP contribution in [0.4, 0.5) is 10.5 Å². The highest BCUT2D eigenvalue weighted by Crippen LogP contribution is 2.34. The number of thioether (sulfide) groups is 1. The van der Waals surface area contributed by atoms with Crippen molar-refractivity contribution in [3.8, 4) is 11.3 Å². The number of rotatable bonds is 10. The Hall–Kier alpha value is -4.06. The van der Waals surface area contributed by atoms with Gasteiger partial charge in [-0.15, -0.1) is 0 Å². The number of nitrogens with zero attached hydrogens (tertiary/aromatic N) is 1. The van der Waals surface area contributed by atoms with Crippen molar-refractivity contribution < 1.29 is 38.2 Å². The molecule has 10 nitrogen and oxygen atoms in total. The summed E-state index contributed by atoms with van der Waals surface area (Å²) in [5, 5.41) is 11.4. The fourth-order valence-corrected chi connectivity index (χ4v) is 4.90. The average Bonchev–Trinajstić information content (AvgIpc) is 3.50. The largest absolute Gasteiger partial charge is 0.478 e. The molecular formula is C28H22Cl2N2O8S. The minimum absolute atomic E-state index is 0.0367. The van der Waals surface area contributed by atoms with Gasteiger partial charge >= 0.3 is 11.9 Å². The summed E-state index contributed by atoms with van der Waals surface area (Å²) in [6.45, 7) is 1.63. The fraction of sp³-hybridized carbons (Fsp3) is 0.179. The van der Waals surface area contributed by atoms with E-state index in [0.29, 0.717) is 29.5 Å². The molecule has 0 bridgehead atoms. The molecule has 1 fully saturated rings. The Morgan fingerprint density at radius 1 is 1.05 bits per heavy atom. The third-order valence-electron chi connectivity index (χ3n) is 5.76. The summed E-state index contributed by atoms with van der Waals surface area (Å²) in [4.78, 5) is 62.5. The van der Waals surface area contributed by atoms with E-state index in [1.807, 2.05) is 6.92 Å². The van der Waals surface area contributed by atoms with Gasteiger partial charge in [0.05, 0.1) is 32.7 Å². The zero-order valence-corrected chi connectivity index (χ0v) is 23.8. The van der Waals surface area contributed by atoms with Crippen LogP contribution in [0.25, 0.3) is 17.4 Å². The summed E-state index contributed by atoms with van der Waals surface area (Å²) < 4.78 is 10.9. The van der Waals surface area contributed by atoms with Crippen LogP contribution in [0.5, 0.6) is 0 Å². The van der Waals surface area contributed by atoms with E-state index in [1.54, 1.807) is 18.2 Å². The summed E-state index contributed by atoms with van der Waals surface area (Å²) in [7, 11) is 0. The topological polar surface area (TPSA) is 143 Å². The van der Waals surface area contributed by atoms with Crippen LogP contribution in [0.1, 0.15) is 46.2 Å². The van der Waals surface area contributed by atoms with E-state index in [1.165, 1.54) is 36.4 Å². The third-order valence-corrected chi connectivity index (χ3v) is 7.32. The molecule has 3 aromatic rings. The molecule has 41 heavy (non-hydrogen) atoms. The van der Waals surface area contributed by atoms with E-state index in [4.69, 9.17) is 32.4 Å². The molecule has 212 valence electrons. The first-order valence-electron chi connectivity index (χ1n) is 12.2. The molecule has 0 saturated carbocycles. The van der Waals surface area contributed by atoms with Gasteiger partial charge < -0.3 is 19.6 Å². The Morgan fingerprint density at radius 3 is 2.51 bits per heavy atom. The molecule has 3 amide bonds. The quantitative estimate of drug-likeness (QED) is 0.146. The maximum absolute atomic E-state index is 12.9. The van der Waals surface area contributed by atoms with Crippen molar-refractivity contribution in [3.63, 3.8) is 0 Å².